The molecule has 0 aromatic heterocycles. The number of anilines is 1. The fourth-order valence-electron chi connectivity index (χ4n) is 0.654. The molecule has 2 nitrogen and oxygen atoms in total. The minimum absolute atomic E-state index is 0.478. The van der Waals surface area contributed by atoms with Crippen LogP contribution in [-0.2, 0) is 0 Å². The zero-order valence-corrected chi connectivity index (χ0v) is 6.21. The molecule has 1 N–H and O–H groups in total. The van der Waals surface area contributed by atoms with Gasteiger partial charge in [0.2, 0.25) is 5.97 Å². The van der Waals surface area contributed by atoms with Gasteiger partial charge in [0, 0.05) is 6.92 Å². The third-order valence-electron chi connectivity index (χ3n) is 1.11. The molecule has 1 rings (SSSR count). The smallest absolute Gasteiger partial charge is 0.204 e. The Hall–Kier alpha value is -1.38. The number of benzene rings is 1. The molecule has 0 spiro atoms. The SMILES string of the molecule is C/C(F)=N\Nc1ccccc1. The summed E-state index contributed by atoms with van der Waals surface area (Å²) in [5.41, 5.74) is 3.34. The van der Waals surface area contributed by atoms with Crippen molar-refractivity contribution >= 4 is 11.7 Å². The van der Waals surface area contributed by atoms with Gasteiger partial charge in [-0.1, -0.05) is 18.2 Å². The molecule has 0 unspecified atom stereocenters. The van der Waals surface area contributed by atoms with Crippen LogP contribution in [0.25, 0.3) is 0 Å². The Bertz CT molecular complexity index is 240. The van der Waals surface area contributed by atoms with E-state index in [2.05, 4.69) is 10.5 Å². The maximum atomic E-state index is 12.1. The predicted octanol–water partition coefficient (Wildman–Crippen LogP) is 2.40. The second-order valence-electron chi connectivity index (χ2n) is 2.09. The normalized spacial score (nSPS) is 11.3. The van der Waals surface area contributed by atoms with Gasteiger partial charge in [-0.2, -0.15) is 4.39 Å². The number of nitrogens with zero attached hydrogens (tertiary/aromatic N) is 1. The molecule has 1 aromatic rings. The maximum absolute atomic E-state index is 12.1. The predicted molar refractivity (Wildman–Crippen MR) is 44.3 cm³/mol. The monoisotopic (exact) mass is 152 g/mol. The molecule has 0 heterocycles. The highest BCUT2D eigenvalue weighted by Gasteiger charge is 1.85. The van der Waals surface area contributed by atoms with Gasteiger partial charge in [-0.15, -0.1) is 5.10 Å². The van der Waals surface area contributed by atoms with E-state index in [1.807, 2.05) is 30.3 Å². The van der Waals surface area contributed by atoms with Gasteiger partial charge in [0.25, 0.3) is 0 Å². The van der Waals surface area contributed by atoms with Gasteiger partial charge in [-0.3, -0.25) is 5.43 Å². The molecule has 0 aliphatic rings. The van der Waals surface area contributed by atoms with Gasteiger partial charge in [-0.05, 0) is 12.1 Å². The molecular weight excluding hydrogens is 143 g/mol. The van der Waals surface area contributed by atoms with Crippen LogP contribution in [0.5, 0.6) is 0 Å². The Morgan fingerprint density at radius 2 is 2.00 bits per heavy atom. The lowest BCUT2D eigenvalue weighted by molar-refractivity contribution is 0.793. The lowest BCUT2D eigenvalue weighted by atomic mass is 10.3. The highest BCUT2D eigenvalue weighted by molar-refractivity contribution is 5.72. The third kappa shape index (κ3) is 2.80. The van der Waals surface area contributed by atoms with E-state index in [4.69, 9.17) is 0 Å². The van der Waals surface area contributed by atoms with E-state index in [1.165, 1.54) is 6.92 Å². The van der Waals surface area contributed by atoms with Crippen LogP contribution in [0.2, 0.25) is 0 Å². The Morgan fingerprint density at radius 3 is 2.55 bits per heavy atom. The zero-order valence-electron chi connectivity index (χ0n) is 6.21. The van der Waals surface area contributed by atoms with Gasteiger partial charge in [0.05, 0.1) is 5.69 Å². The first-order valence-corrected chi connectivity index (χ1v) is 3.30. The van der Waals surface area contributed by atoms with Crippen LogP contribution in [0.3, 0.4) is 0 Å². The summed E-state index contributed by atoms with van der Waals surface area (Å²) in [6, 6.07) is 9.22. The van der Waals surface area contributed by atoms with Crippen molar-refractivity contribution in [2.24, 2.45) is 5.10 Å². The summed E-state index contributed by atoms with van der Waals surface area (Å²) in [6.45, 7) is 1.29. The summed E-state index contributed by atoms with van der Waals surface area (Å²) in [4.78, 5) is 0. The summed E-state index contributed by atoms with van der Waals surface area (Å²) in [6.07, 6.45) is 0. The average Bonchev–Trinajstić information content (AvgIpc) is 2.03. The van der Waals surface area contributed by atoms with Gasteiger partial charge < -0.3 is 0 Å². The molecular formula is C8H9FN2. The largest absolute Gasteiger partial charge is 0.276 e. The molecule has 1 aromatic carbocycles. The Labute approximate surface area is 64.7 Å². The highest BCUT2D eigenvalue weighted by atomic mass is 19.1. The summed E-state index contributed by atoms with van der Waals surface area (Å²) >= 11 is 0. The molecule has 0 atom stereocenters. The van der Waals surface area contributed by atoms with Crippen molar-refractivity contribution in [2.45, 2.75) is 6.92 Å². The first kappa shape index (κ1) is 7.72. The van der Waals surface area contributed by atoms with Crippen LogP contribution >= 0.6 is 0 Å². The summed E-state index contributed by atoms with van der Waals surface area (Å²) in [5, 5.41) is 3.39. The minimum atomic E-state index is -0.478. The van der Waals surface area contributed by atoms with E-state index in [1.54, 1.807) is 0 Å². The molecule has 58 valence electrons. The number of hydrogen-bond acceptors (Lipinski definition) is 2. The van der Waals surface area contributed by atoms with E-state index in [0.717, 1.165) is 5.69 Å². The Kier molecular flexibility index (Phi) is 2.60. The van der Waals surface area contributed by atoms with Crippen LogP contribution < -0.4 is 5.43 Å². The average molecular weight is 152 g/mol. The second-order valence-corrected chi connectivity index (χ2v) is 2.09. The molecule has 3 heteroatoms. The Balaban J connectivity index is 2.59. The number of nitrogens with one attached hydrogen (secondary N) is 1. The molecule has 11 heavy (non-hydrogen) atoms. The summed E-state index contributed by atoms with van der Waals surface area (Å²) in [7, 11) is 0. The van der Waals surface area contributed by atoms with Gasteiger partial charge in [0.15, 0.2) is 0 Å². The van der Waals surface area contributed by atoms with Crippen LogP contribution in [0.15, 0.2) is 35.4 Å². The molecule has 0 aliphatic carbocycles. The van der Waals surface area contributed by atoms with Crippen LogP contribution in [0, 0.1) is 0 Å². The molecule has 0 aliphatic heterocycles. The van der Waals surface area contributed by atoms with E-state index < -0.39 is 5.97 Å². The van der Waals surface area contributed by atoms with Crippen LogP contribution in [-0.4, -0.2) is 5.97 Å². The van der Waals surface area contributed by atoms with Gasteiger partial charge >= 0.3 is 0 Å². The maximum Gasteiger partial charge on any atom is 0.204 e. The van der Waals surface area contributed by atoms with E-state index >= 15 is 0 Å². The van der Waals surface area contributed by atoms with Crippen molar-refractivity contribution in [3.05, 3.63) is 30.3 Å². The quantitative estimate of drug-likeness (QED) is 0.510. The fraction of sp³-hybridized carbons (Fsp3) is 0.125. The number of hydrogen-bond donors (Lipinski definition) is 1. The van der Waals surface area contributed by atoms with Crippen molar-refractivity contribution < 1.29 is 4.39 Å². The first-order chi connectivity index (χ1) is 5.29. The molecule has 0 fully saturated rings. The van der Waals surface area contributed by atoms with Gasteiger partial charge in [0.1, 0.15) is 0 Å². The van der Waals surface area contributed by atoms with E-state index in [9.17, 15) is 4.39 Å². The van der Waals surface area contributed by atoms with Crippen molar-refractivity contribution in [3.63, 3.8) is 0 Å². The summed E-state index contributed by atoms with van der Waals surface area (Å²) in [5.74, 6) is -0.478. The standard InChI is InChI=1S/C8H9FN2/c1-7(9)10-11-8-5-3-2-4-6-8/h2-6,11H,1H3/b10-7+. The number of hydrazone groups is 1. The fourth-order valence-corrected chi connectivity index (χ4v) is 0.654. The Morgan fingerprint density at radius 1 is 1.36 bits per heavy atom. The minimum Gasteiger partial charge on any atom is -0.276 e. The molecule has 0 saturated heterocycles. The van der Waals surface area contributed by atoms with Crippen LogP contribution in [0.1, 0.15) is 6.92 Å². The third-order valence-corrected chi connectivity index (χ3v) is 1.11. The molecule has 0 amide bonds. The number of halogens is 1. The number of para-hydroxylation sites is 1. The second kappa shape index (κ2) is 3.71. The van der Waals surface area contributed by atoms with Crippen molar-refractivity contribution in [2.75, 3.05) is 5.43 Å². The lowest BCUT2D eigenvalue weighted by Gasteiger charge is -1.96. The first-order valence-electron chi connectivity index (χ1n) is 3.30. The van der Waals surface area contributed by atoms with Crippen molar-refractivity contribution in [3.8, 4) is 0 Å². The molecule has 0 radical (unpaired) electrons. The van der Waals surface area contributed by atoms with E-state index in [-0.39, 0.29) is 0 Å². The van der Waals surface area contributed by atoms with Crippen molar-refractivity contribution in [1.82, 2.24) is 0 Å². The summed E-state index contributed by atoms with van der Waals surface area (Å²) < 4.78 is 12.1. The molecule has 0 saturated carbocycles. The lowest BCUT2D eigenvalue weighted by Crippen LogP contribution is -1.90. The van der Waals surface area contributed by atoms with E-state index in [0.29, 0.717) is 0 Å². The number of rotatable bonds is 2. The topological polar surface area (TPSA) is 24.4 Å². The van der Waals surface area contributed by atoms with Gasteiger partial charge in [-0.25, -0.2) is 0 Å². The van der Waals surface area contributed by atoms with Crippen molar-refractivity contribution in [1.29, 1.82) is 0 Å². The van der Waals surface area contributed by atoms with Crippen LogP contribution in [0.4, 0.5) is 10.1 Å². The highest BCUT2D eigenvalue weighted by Crippen LogP contribution is 2.04. The zero-order chi connectivity index (χ0) is 8.10. The molecule has 0 bridgehead atoms.